The first-order valence-corrected chi connectivity index (χ1v) is 7.03. The highest BCUT2D eigenvalue weighted by Crippen LogP contribution is 2.52. The van der Waals surface area contributed by atoms with Crippen LogP contribution in [0.2, 0.25) is 0 Å². The highest BCUT2D eigenvalue weighted by atomic mass is 16.2. The summed E-state index contributed by atoms with van der Waals surface area (Å²) >= 11 is 0. The van der Waals surface area contributed by atoms with Gasteiger partial charge in [-0.3, -0.25) is 14.5 Å². The fourth-order valence-electron chi connectivity index (χ4n) is 3.93. The van der Waals surface area contributed by atoms with Crippen molar-refractivity contribution in [2.24, 2.45) is 23.7 Å². The third-order valence-electron chi connectivity index (χ3n) is 4.88. The number of benzene rings is 1. The molecule has 1 saturated carbocycles. The lowest BCUT2D eigenvalue weighted by Crippen LogP contribution is -2.32. The summed E-state index contributed by atoms with van der Waals surface area (Å²) in [7, 11) is 0. The zero-order chi connectivity index (χ0) is 13.9. The summed E-state index contributed by atoms with van der Waals surface area (Å²) in [4.78, 5) is 26.4. The number of fused-ring (bicyclic) bond motifs is 5. The Kier molecular flexibility index (Phi) is 2.31. The maximum Gasteiger partial charge on any atom is 0.234 e. The van der Waals surface area contributed by atoms with Gasteiger partial charge in [-0.1, -0.05) is 24.3 Å². The van der Waals surface area contributed by atoms with Gasteiger partial charge >= 0.3 is 0 Å². The van der Waals surface area contributed by atoms with Gasteiger partial charge in [0.2, 0.25) is 11.8 Å². The van der Waals surface area contributed by atoms with E-state index in [-0.39, 0.29) is 35.5 Å². The fourth-order valence-corrected chi connectivity index (χ4v) is 3.93. The second kappa shape index (κ2) is 3.95. The number of rotatable bonds is 2. The summed E-state index contributed by atoms with van der Waals surface area (Å²) in [6.45, 7) is 0.365. The largest absolute Gasteiger partial charge is 0.399 e. The van der Waals surface area contributed by atoms with E-state index in [1.165, 1.54) is 4.90 Å². The minimum Gasteiger partial charge on any atom is -0.399 e. The van der Waals surface area contributed by atoms with Crippen LogP contribution in [0.15, 0.2) is 36.4 Å². The van der Waals surface area contributed by atoms with Gasteiger partial charge in [0, 0.05) is 5.69 Å². The molecule has 0 aromatic heterocycles. The molecule has 1 saturated heterocycles. The molecule has 2 fully saturated rings. The van der Waals surface area contributed by atoms with E-state index in [1.54, 1.807) is 12.1 Å². The molecule has 102 valence electrons. The molecule has 2 N–H and O–H groups in total. The molecule has 1 heterocycles. The smallest absolute Gasteiger partial charge is 0.234 e. The SMILES string of the molecule is Nc1ccc(CN2C(=O)C3C4C=CC(C4)C3C2=O)cc1. The molecule has 0 spiro atoms. The number of hydrogen-bond donors (Lipinski definition) is 1. The first-order valence-electron chi connectivity index (χ1n) is 7.03. The number of nitrogens with two attached hydrogens (primary N) is 1. The van der Waals surface area contributed by atoms with E-state index < -0.39 is 0 Å². The Morgan fingerprint density at radius 2 is 1.55 bits per heavy atom. The van der Waals surface area contributed by atoms with Crippen LogP contribution in [0, 0.1) is 23.7 Å². The Balaban J connectivity index is 1.60. The van der Waals surface area contributed by atoms with Crippen molar-refractivity contribution in [3.8, 4) is 0 Å². The summed E-state index contributed by atoms with van der Waals surface area (Å²) in [6.07, 6.45) is 5.20. The van der Waals surface area contributed by atoms with Crippen molar-refractivity contribution in [2.45, 2.75) is 13.0 Å². The summed E-state index contributed by atoms with van der Waals surface area (Å²) in [5.74, 6) is 0.357. The third-order valence-corrected chi connectivity index (χ3v) is 4.88. The second-order valence-corrected chi connectivity index (χ2v) is 6.00. The number of carbonyl (C=O) groups is 2. The highest BCUT2D eigenvalue weighted by Gasteiger charge is 2.59. The Labute approximate surface area is 117 Å². The van der Waals surface area contributed by atoms with Gasteiger partial charge in [0.1, 0.15) is 0 Å². The Bertz CT molecular complexity index is 590. The Morgan fingerprint density at radius 3 is 2.10 bits per heavy atom. The predicted octanol–water partition coefficient (Wildman–Crippen LogP) is 1.58. The first kappa shape index (κ1) is 11.7. The van der Waals surface area contributed by atoms with Crippen LogP contribution in [0.4, 0.5) is 5.69 Å². The average Bonchev–Trinajstić information content (AvgIpc) is 3.11. The topological polar surface area (TPSA) is 63.4 Å². The summed E-state index contributed by atoms with van der Waals surface area (Å²) in [5, 5.41) is 0. The van der Waals surface area contributed by atoms with Crippen LogP contribution in [0.5, 0.6) is 0 Å². The van der Waals surface area contributed by atoms with Crippen molar-refractivity contribution in [1.29, 1.82) is 0 Å². The van der Waals surface area contributed by atoms with E-state index in [9.17, 15) is 9.59 Å². The monoisotopic (exact) mass is 268 g/mol. The second-order valence-electron chi connectivity index (χ2n) is 6.00. The normalized spacial score (nSPS) is 34.1. The molecule has 2 bridgehead atoms. The van der Waals surface area contributed by atoms with E-state index in [2.05, 4.69) is 12.2 Å². The zero-order valence-electron chi connectivity index (χ0n) is 11.0. The van der Waals surface area contributed by atoms with Gasteiger partial charge in [-0.2, -0.15) is 0 Å². The lowest BCUT2D eigenvalue weighted by Gasteiger charge is -2.17. The van der Waals surface area contributed by atoms with Crippen LogP contribution in [0.25, 0.3) is 0 Å². The molecule has 20 heavy (non-hydrogen) atoms. The fraction of sp³-hybridized carbons (Fsp3) is 0.375. The number of amides is 2. The highest BCUT2D eigenvalue weighted by molar-refractivity contribution is 6.06. The van der Waals surface area contributed by atoms with Gasteiger partial charge in [-0.25, -0.2) is 0 Å². The van der Waals surface area contributed by atoms with Crippen molar-refractivity contribution < 1.29 is 9.59 Å². The van der Waals surface area contributed by atoms with Crippen molar-refractivity contribution >= 4 is 17.5 Å². The zero-order valence-corrected chi connectivity index (χ0v) is 11.0. The molecule has 4 atom stereocenters. The summed E-state index contributed by atoms with van der Waals surface area (Å²) in [6, 6.07) is 7.34. The molecule has 4 nitrogen and oxygen atoms in total. The van der Waals surface area contributed by atoms with Gasteiger partial charge in [0.05, 0.1) is 18.4 Å². The van der Waals surface area contributed by atoms with Gasteiger partial charge in [0.15, 0.2) is 0 Å². The van der Waals surface area contributed by atoms with Crippen LogP contribution < -0.4 is 5.73 Å². The molecule has 2 aliphatic carbocycles. The van der Waals surface area contributed by atoms with Gasteiger partial charge in [0.25, 0.3) is 0 Å². The maximum atomic E-state index is 12.5. The number of hydrogen-bond acceptors (Lipinski definition) is 3. The van der Waals surface area contributed by atoms with Gasteiger partial charge < -0.3 is 5.73 Å². The summed E-state index contributed by atoms with van der Waals surface area (Å²) in [5.41, 5.74) is 7.29. The quantitative estimate of drug-likeness (QED) is 0.503. The Hall–Kier alpha value is -2.10. The molecule has 0 radical (unpaired) electrons. The van der Waals surface area contributed by atoms with Crippen LogP contribution in [-0.2, 0) is 16.1 Å². The number of imide groups is 1. The molecular weight excluding hydrogens is 252 g/mol. The third kappa shape index (κ3) is 1.48. The minimum absolute atomic E-state index is 0.00803. The molecular formula is C16H16N2O2. The van der Waals surface area contributed by atoms with E-state index in [0.717, 1.165) is 12.0 Å². The van der Waals surface area contributed by atoms with Crippen LogP contribution in [-0.4, -0.2) is 16.7 Å². The van der Waals surface area contributed by atoms with Gasteiger partial charge in [-0.15, -0.1) is 0 Å². The lowest BCUT2D eigenvalue weighted by molar-refractivity contribution is -0.141. The minimum atomic E-state index is -0.105. The van der Waals surface area contributed by atoms with Crippen molar-refractivity contribution in [1.82, 2.24) is 4.90 Å². The summed E-state index contributed by atoms with van der Waals surface area (Å²) < 4.78 is 0. The molecule has 2 amide bonds. The molecule has 4 unspecified atom stereocenters. The van der Waals surface area contributed by atoms with Crippen molar-refractivity contribution in [3.05, 3.63) is 42.0 Å². The molecule has 1 aliphatic heterocycles. The number of carbonyl (C=O) groups excluding carboxylic acids is 2. The van der Waals surface area contributed by atoms with Crippen molar-refractivity contribution in [2.75, 3.05) is 5.73 Å². The molecule has 3 aliphatic rings. The van der Waals surface area contributed by atoms with E-state index in [0.29, 0.717) is 12.2 Å². The van der Waals surface area contributed by atoms with E-state index in [4.69, 9.17) is 5.73 Å². The number of likely N-dealkylation sites (tertiary alicyclic amines) is 1. The molecule has 1 aromatic carbocycles. The number of allylic oxidation sites excluding steroid dienone is 2. The maximum absolute atomic E-state index is 12.5. The van der Waals surface area contributed by atoms with E-state index >= 15 is 0 Å². The molecule has 4 heteroatoms. The molecule has 1 aromatic rings. The van der Waals surface area contributed by atoms with Crippen molar-refractivity contribution in [3.63, 3.8) is 0 Å². The average molecular weight is 268 g/mol. The van der Waals surface area contributed by atoms with Crippen LogP contribution in [0.1, 0.15) is 12.0 Å². The van der Waals surface area contributed by atoms with Gasteiger partial charge in [-0.05, 0) is 36.0 Å². The molecule has 4 rings (SSSR count). The number of nitrogen functional groups attached to an aromatic ring is 1. The predicted molar refractivity (Wildman–Crippen MR) is 74.1 cm³/mol. The van der Waals surface area contributed by atoms with E-state index in [1.807, 2.05) is 12.1 Å². The lowest BCUT2D eigenvalue weighted by atomic mass is 9.85. The Morgan fingerprint density at radius 1 is 1.00 bits per heavy atom. The first-order chi connectivity index (χ1) is 9.65. The van der Waals surface area contributed by atoms with Crippen LogP contribution >= 0.6 is 0 Å². The standard InChI is InChI=1S/C16H16N2O2/c17-12-5-1-9(2-6-12)8-18-15(19)13-10-3-4-11(7-10)14(13)16(18)20/h1-6,10-11,13-14H,7-8,17H2. The number of anilines is 1. The van der Waals surface area contributed by atoms with Crippen LogP contribution in [0.3, 0.4) is 0 Å². The number of nitrogens with zero attached hydrogens (tertiary/aromatic N) is 1.